The SMILES string of the molecule is C=CCCCCCC(CCCCCCC(F)(F)C(F)(F)F)(C(=O)O)C(=O)O. The fourth-order valence-electron chi connectivity index (χ4n) is 2.81. The number of rotatable bonds is 15. The van der Waals surface area contributed by atoms with Gasteiger partial charge in [0.2, 0.25) is 0 Å². The van der Waals surface area contributed by atoms with Crippen LogP contribution in [0.5, 0.6) is 0 Å². The van der Waals surface area contributed by atoms with Crippen molar-refractivity contribution >= 4 is 11.9 Å². The minimum atomic E-state index is -5.58. The van der Waals surface area contributed by atoms with E-state index in [0.717, 1.165) is 12.8 Å². The molecular weight excluding hydrogens is 375 g/mol. The zero-order chi connectivity index (χ0) is 21.1. The molecule has 9 heteroatoms. The fourth-order valence-corrected chi connectivity index (χ4v) is 2.81. The third-order valence-corrected chi connectivity index (χ3v) is 4.59. The molecule has 0 heterocycles. The van der Waals surface area contributed by atoms with Gasteiger partial charge in [-0.05, 0) is 32.1 Å². The summed E-state index contributed by atoms with van der Waals surface area (Å²) >= 11 is 0. The molecular formula is C18H27F5O4. The number of carboxylic acid groups (broad SMARTS) is 2. The zero-order valence-corrected chi connectivity index (χ0v) is 15.2. The first-order valence-electron chi connectivity index (χ1n) is 8.93. The lowest BCUT2D eigenvalue weighted by molar-refractivity contribution is -0.284. The topological polar surface area (TPSA) is 74.6 Å². The number of hydrogen-bond donors (Lipinski definition) is 2. The Hall–Kier alpha value is -1.67. The van der Waals surface area contributed by atoms with Crippen molar-refractivity contribution in [3.63, 3.8) is 0 Å². The van der Waals surface area contributed by atoms with E-state index in [1.807, 2.05) is 0 Å². The van der Waals surface area contributed by atoms with E-state index in [1.165, 1.54) is 0 Å². The number of alkyl halides is 5. The van der Waals surface area contributed by atoms with Crippen molar-refractivity contribution in [3.8, 4) is 0 Å². The van der Waals surface area contributed by atoms with Crippen molar-refractivity contribution in [2.24, 2.45) is 5.41 Å². The van der Waals surface area contributed by atoms with Gasteiger partial charge in [-0.3, -0.25) is 9.59 Å². The van der Waals surface area contributed by atoms with E-state index in [-0.39, 0.29) is 38.5 Å². The van der Waals surface area contributed by atoms with Crippen LogP contribution in [0.4, 0.5) is 22.0 Å². The van der Waals surface area contributed by atoms with E-state index in [2.05, 4.69) is 6.58 Å². The van der Waals surface area contributed by atoms with Crippen molar-refractivity contribution in [1.82, 2.24) is 0 Å². The first-order chi connectivity index (χ1) is 12.4. The minimum Gasteiger partial charge on any atom is -0.480 e. The number of aliphatic carboxylic acids is 2. The van der Waals surface area contributed by atoms with Crippen LogP contribution in [0, 0.1) is 5.41 Å². The Labute approximate surface area is 155 Å². The van der Waals surface area contributed by atoms with Crippen LogP contribution in [0.2, 0.25) is 0 Å². The predicted octanol–water partition coefficient (Wildman–Crippen LogP) is 5.82. The second-order valence-electron chi connectivity index (χ2n) is 6.70. The van der Waals surface area contributed by atoms with Crippen LogP contribution in [-0.4, -0.2) is 34.3 Å². The summed E-state index contributed by atoms with van der Waals surface area (Å²) in [5.41, 5.74) is -1.95. The van der Waals surface area contributed by atoms with Crippen molar-refractivity contribution in [3.05, 3.63) is 12.7 Å². The van der Waals surface area contributed by atoms with E-state index in [9.17, 15) is 41.8 Å². The van der Waals surface area contributed by atoms with Crippen molar-refractivity contribution in [2.75, 3.05) is 0 Å². The van der Waals surface area contributed by atoms with Gasteiger partial charge >= 0.3 is 24.0 Å². The van der Waals surface area contributed by atoms with Gasteiger partial charge in [0, 0.05) is 6.42 Å². The van der Waals surface area contributed by atoms with Gasteiger partial charge in [0.25, 0.3) is 0 Å². The molecule has 0 rings (SSSR count). The average molecular weight is 402 g/mol. The molecule has 158 valence electrons. The summed E-state index contributed by atoms with van der Waals surface area (Å²) in [7, 11) is 0. The molecule has 2 N–H and O–H groups in total. The molecule has 4 nitrogen and oxygen atoms in total. The van der Waals surface area contributed by atoms with E-state index < -0.39 is 35.9 Å². The molecule has 0 saturated carbocycles. The summed E-state index contributed by atoms with van der Waals surface area (Å²) in [4.78, 5) is 23.0. The van der Waals surface area contributed by atoms with Crippen LogP contribution in [-0.2, 0) is 9.59 Å². The highest BCUT2D eigenvalue weighted by molar-refractivity contribution is 5.98. The van der Waals surface area contributed by atoms with Crippen molar-refractivity contribution < 1.29 is 41.8 Å². The second-order valence-corrected chi connectivity index (χ2v) is 6.70. The Balaban J connectivity index is 4.47. The zero-order valence-electron chi connectivity index (χ0n) is 15.2. The molecule has 0 aromatic carbocycles. The molecule has 0 aliphatic carbocycles. The largest absolute Gasteiger partial charge is 0.480 e. The molecule has 0 aliphatic heterocycles. The Morgan fingerprint density at radius 3 is 1.52 bits per heavy atom. The Bertz CT molecular complexity index is 475. The molecule has 0 aliphatic rings. The Morgan fingerprint density at radius 1 is 0.741 bits per heavy atom. The van der Waals surface area contributed by atoms with Gasteiger partial charge in [-0.2, -0.15) is 22.0 Å². The van der Waals surface area contributed by atoms with Crippen LogP contribution in [0.3, 0.4) is 0 Å². The summed E-state index contributed by atoms with van der Waals surface area (Å²) < 4.78 is 61.7. The maximum absolute atomic E-state index is 12.8. The maximum Gasteiger partial charge on any atom is 0.453 e. The van der Waals surface area contributed by atoms with Gasteiger partial charge in [0.1, 0.15) is 0 Å². The van der Waals surface area contributed by atoms with E-state index >= 15 is 0 Å². The molecule has 0 saturated heterocycles. The minimum absolute atomic E-state index is 0.0420. The molecule has 27 heavy (non-hydrogen) atoms. The molecule has 0 atom stereocenters. The molecule has 0 bridgehead atoms. The lowest BCUT2D eigenvalue weighted by Gasteiger charge is -2.25. The number of carbonyl (C=O) groups is 2. The lowest BCUT2D eigenvalue weighted by Crippen LogP contribution is -2.39. The highest BCUT2D eigenvalue weighted by Gasteiger charge is 2.56. The summed E-state index contributed by atoms with van der Waals surface area (Å²) in [6.45, 7) is 3.56. The van der Waals surface area contributed by atoms with Crippen molar-refractivity contribution in [2.45, 2.75) is 82.7 Å². The van der Waals surface area contributed by atoms with Crippen LogP contribution in [0.15, 0.2) is 12.7 Å². The number of allylic oxidation sites excluding steroid dienone is 1. The number of hydrogen-bond acceptors (Lipinski definition) is 2. The van der Waals surface area contributed by atoms with Crippen LogP contribution in [0.1, 0.15) is 70.6 Å². The van der Waals surface area contributed by atoms with Crippen LogP contribution in [0.25, 0.3) is 0 Å². The van der Waals surface area contributed by atoms with E-state index in [1.54, 1.807) is 6.08 Å². The van der Waals surface area contributed by atoms with E-state index in [4.69, 9.17) is 0 Å². The quantitative estimate of drug-likeness (QED) is 0.157. The number of halogens is 5. The van der Waals surface area contributed by atoms with Crippen LogP contribution >= 0.6 is 0 Å². The molecule has 0 amide bonds. The molecule has 0 aromatic heterocycles. The molecule has 0 radical (unpaired) electrons. The molecule has 0 unspecified atom stereocenters. The monoisotopic (exact) mass is 402 g/mol. The van der Waals surface area contributed by atoms with E-state index in [0.29, 0.717) is 12.8 Å². The van der Waals surface area contributed by atoms with Crippen LogP contribution < -0.4 is 0 Å². The molecule has 0 fully saturated rings. The highest BCUT2D eigenvalue weighted by Crippen LogP contribution is 2.39. The predicted molar refractivity (Wildman–Crippen MR) is 89.7 cm³/mol. The first-order valence-corrected chi connectivity index (χ1v) is 8.93. The fraction of sp³-hybridized carbons (Fsp3) is 0.778. The molecule has 0 aromatic rings. The van der Waals surface area contributed by atoms with Gasteiger partial charge in [-0.25, -0.2) is 0 Å². The smallest absolute Gasteiger partial charge is 0.453 e. The maximum atomic E-state index is 12.8. The lowest BCUT2D eigenvalue weighted by atomic mass is 9.78. The average Bonchev–Trinajstić information content (AvgIpc) is 2.54. The van der Waals surface area contributed by atoms with Gasteiger partial charge in [-0.1, -0.05) is 38.2 Å². The summed E-state index contributed by atoms with van der Waals surface area (Å²) in [5.74, 6) is -7.66. The molecule has 0 spiro atoms. The third-order valence-electron chi connectivity index (χ3n) is 4.59. The van der Waals surface area contributed by atoms with Gasteiger partial charge in [0.05, 0.1) is 0 Å². The standard InChI is InChI=1S/C18H27F5O4/c1-2-3-4-5-8-11-16(14(24)25,15(26)27)12-9-6-7-10-13-17(19,20)18(21,22)23/h2H,1,3-13H2,(H,24,25)(H,26,27). The van der Waals surface area contributed by atoms with Gasteiger partial charge in [0.15, 0.2) is 5.41 Å². The third kappa shape index (κ3) is 8.26. The number of unbranched alkanes of at least 4 members (excludes halogenated alkanes) is 6. The Kier molecular flexibility index (Phi) is 10.5. The summed E-state index contributed by atoms with van der Waals surface area (Å²) in [6.07, 6.45) is -2.88. The highest BCUT2D eigenvalue weighted by atomic mass is 19.4. The number of carboxylic acids is 2. The summed E-state index contributed by atoms with van der Waals surface area (Å²) in [6, 6.07) is 0. The van der Waals surface area contributed by atoms with Gasteiger partial charge < -0.3 is 10.2 Å². The second kappa shape index (κ2) is 11.2. The van der Waals surface area contributed by atoms with Crippen molar-refractivity contribution in [1.29, 1.82) is 0 Å². The Morgan fingerprint density at radius 2 is 1.15 bits per heavy atom. The normalized spacial score (nSPS) is 12.8. The summed E-state index contributed by atoms with van der Waals surface area (Å²) in [5, 5.41) is 18.7. The first kappa shape index (κ1) is 25.3. The van der Waals surface area contributed by atoms with Gasteiger partial charge in [-0.15, -0.1) is 6.58 Å².